The van der Waals surface area contributed by atoms with E-state index in [1.54, 1.807) is 6.92 Å². The summed E-state index contributed by atoms with van der Waals surface area (Å²) in [5.41, 5.74) is 7.31. The monoisotopic (exact) mass is 471 g/mol. The molecule has 1 aliphatic rings. The molecule has 0 bridgehead atoms. The number of carboxylic acid groups (broad SMARTS) is 1. The highest BCUT2D eigenvalue weighted by molar-refractivity contribution is 5.71. The van der Waals surface area contributed by atoms with Crippen molar-refractivity contribution in [3.8, 4) is 0 Å². The summed E-state index contributed by atoms with van der Waals surface area (Å²) in [4.78, 5) is 12.3. The third-order valence-corrected chi connectivity index (χ3v) is 7.95. The molecule has 1 fully saturated rings. The maximum Gasteiger partial charge on any atom is 0.309 e. The van der Waals surface area contributed by atoms with E-state index in [9.17, 15) is 15.0 Å². The molecule has 1 aromatic carbocycles. The molecule has 4 N–H and O–H groups in total. The molecule has 1 aromatic rings. The van der Waals surface area contributed by atoms with Crippen LogP contribution in [-0.2, 0) is 11.2 Å². The molecular formula is C30H49NO3. The summed E-state index contributed by atoms with van der Waals surface area (Å²) in [5.74, 6) is -0.661. The molecule has 0 spiro atoms. The van der Waals surface area contributed by atoms with Gasteiger partial charge in [0.1, 0.15) is 0 Å². The number of benzene rings is 1. The molecule has 192 valence electrons. The van der Waals surface area contributed by atoms with Gasteiger partial charge in [-0.1, -0.05) is 68.7 Å². The molecule has 6 atom stereocenters. The van der Waals surface area contributed by atoms with Gasteiger partial charge < -0.3 is 15.9 Å². The van der Waals surface area contributed by atoms with E-state index in [1.807, 2.05) is 18.2 Å². The Hall–Kier alpha value is -1.65. The van der Waals surface area contributed by atoms with E-state index in [4.69, 9.17) is 5.73 Å². The Morgan fingerprint density at radius 1 is 1.03 bits per heavy atom. The number of allylic oxidation sites excluding steroid dienone is 2. The lowest BCUT2D eigenvalue weighted by Gasteiger charge is -2.47. The predicted molar refractivity (Wildman–Crippen MR) is 142 cm³/mol. The second-order valence-electron chi connectivity index (χ2n) is 10.5. The normalized spacial score (nSPS) is 24.8. The minimum atomic E-state index is -0.869. The molecule has 0 amide bonds. The average Bonchev–Trinajstić information content (AvgIpc) is 2.81. The zero-order valence-electron chi connectivity index (χ0n) is 21.6. The summed E-state index contributed by atoms with van der Waals surface area (Å²) in [5, 5.41) is 20.6. The van der Waals surface area contributed by atoms with E-state index in [-0.39, 0.29) is 17.8 Å². The Morgan fingerprint density at radius 3 is 2.32 bits per heavy atom. The Bertz CT molecular complexity index is 702. The minimum absolute atomic E-state index is 0.0471. The van der Waals surface area contributed by atoms with Crippen molar-refractivity contribution in [3.05, 3.63) is 48.0 Å². The van der Waals surface area contributed by atoms with Crippen molar-refractivity contribution >= 4 is 5.97 Å². The molecule has 0 saturated heterocycles. The minimum Gasteiger partial charge on any atom is -0.481 e. The van der Waals surface area contributed by atoms with Gasteiger partial charge in [-0.15, -0.1) is 0 Å². The summed E-state index contributed by atoms with van der Waals surface area (Å²) in [6.45, 7) is 4.46. The number of aliphatic hydroxyl groups excluding tert-OH is 1. The van der Waals surface area contributed by atoms with Gasteiger partial charge in [-0.05, 0) is 100 Å². The van der Waals surface area contributed by atoms with Crippen molar-refractivity contribution < 1.29 is 15.0 Å². The predicted octanol–water partition coefficient (Wildman–Crippen LogP) is 6.62. The van der Waals surface area contributed by atoms with Gasteiger partial charge >= 0.3 is 5.97 Å². The number of nitrogens with two attached hydrogens (primary N) is 1. The van der Waals surface area contributed by atoms with Crippen molar-refractivity contribution in [2.24, 2.45) is 35.3 Å². The molecule has 1 aliphatic carbocycles. The van der Waals surface area contributed by atoms with Crippen LogP contribution in [-0.4, -0.2) is 28.8 Å². The van der Waals surface area contributed by atoms with E-state index in [0.29, 0.717) is 12.5 Å². The molecule has 1 saturated carbocycles. The molecule has 0 radical (unpaired) electrons. The van der Waals surface area contributed by atoms with Crippen molar-refractivity contribution in [1.82, 2.24) is 0 Å². The number of carboxylic acids is 1. The standard InChI is InChI=1S/C30H49NO3/c1-3-4-5-6-7-8-9-10-14-17-25-18-19-26(22-24-15-12-11-13-16-24)29(27(25)20-21-31)28(23(2)32)30(33)34/h8-9,11-13,15-16,23,25-29,32H,3-7,10,14,17-22,31H2,1-2H3,(H,33,34)/t23-,25-,26+,27-,28+,29-/m0/s1. The largest absolute Gasteiger partial charge is 0.481 e. The van der Waals surface area contributed by atoms with Gasteiger partial charge in [0.2, 0.25) is 0 Å². The van der Waals surface area contributed by atoms with Crippen LogP contribution in [0.2, 0.25) is 0 Å². The SMILES string of the molecule is CCCCCCC=CCCC[C@H]1CC[C@H](Cc2ccccc2)[C@H]([C@H](C(=O)O)[C@H](C)O)[C@H]1CCN. The van der Waals surface area contributed by atoms with Crippen molar-refractivity contribution in [1.29, 1.82) is 0 Å². The summed E-state index contributed by atoms with van der Waals surface area (Å²) < 4.78 is 0. The second kappa shape index (κ2) is 16.1. The van der Waals surface area contributed by atoms with Crippen LogP contribution in [0.4, 0.5) is 0 Å². The van der Waals surface area contributed by atoms with Crippen molar-refractivity contribution in [2.45, 2.75) is 97.0 Å². The fourth-order valence-electron chi connectivity index (χ4n) is 6.31. The van der Waals surface area contributed by atoms with E-state index in [2.05, 4.69) is 31.2 Å². The summed E-state index contributed by atoms with van der Waals surface area (Å²) in [6, 6.07) is 10.4. The molecule has 0 aliphatic heterocycles. The third-order valence-electron chi connectivity index (χ3n) is 7.95. The smallest absolute Gasteiger partial charge is 0.309 e. The summed E-state index contributed by atoms with van der Waals surface area (Å²) in [6.07, 6.45) is 17.4. The second-order valence-corrected chi connectivity index (χ2v) is 10.5. The Labute approximate surface area is 208 Å². The first-order valence-electron chi connectivity index (χ1n) is 13.8. The Kier molecular flexibility index (Phi) is 13.5. The molecule has 4 nitrogen and oxygen atoms in total. The topological polar surface area (TPSA) is 83.5 Å². The van der Waals surface area contributed by atoms with Crippen LogP contribution in [0.15, 0.2) is 42.5 Å². The zero-order chi connectivity index (χ0) is 24.8. The Balaban J connectivity index is 2.07. The molecule has 0 heterocycles. The maximum atomic E-state index is 12.3. The van der Waals surface area contributed by atoms with Gasteiger partial charge in [-0.2, -0.15) is 0 Å². The molecule has 0 unspecified atom stereocenters. The van der Waals surface area contributed by atoms with Crippen LogP contribution in [0.1, 0.15) is 90.0 Å². The molecule has 34 heavy (non-hydrogen) atoms. The lowest BCUT2D eigenvalue weighted by molar-refractivity contribution is -0.153. The highest BCUT2D eigenvalue weighted by Crippen LogP contribution is 2.48. The van der Waals surface area contributed by atoms with Crippen LogP contribution >= 0.6 is 0 Å². The van der Waals surface area contributed by atoms with Crippen LogP contribution in [0.25, 0.3) is 0 Å². The Morgan fingerprint density at radius 2 is 1.71 bits per heavy atom. The zero-order valence-corrected chi connectivity index (χ0v) is 21.6. The number of carbonyl (C=O) groups is 1. The fourth-order valence-corrected chi connectivity index (χ4v) is 6.31. The van der Waals surface area contributed by atoms with E-state index >= 15 is 0 Å². The molecule has 0 aromatic heterocycles. The third kappa shape index (κ3) is 9.19. The lowest BCUT2D eigenvalue weighted by atomic mass is 9.58. The highest BCUT2D eigenvalue weighted by atomic mass is 16.4. The number of unbranched alkanes of at least 4 members (excludes halogenated alkanes) is 5. The van der Waals surface area contributed by atoms with E-state index < -0.39 is 18.0 Å². The van der Waals surface area contributed by atoms with Gasteiger partial charge in [-0.25, -0.2) is 0 Å². The molecular weight excluding hydrogens is 422 g/mol. The van der Waals surface area contributed by atoms with Crippen LogP contribution < -0.4 is 5.73 Å². The lowest BCUT2D eigenvalue weighted by Crippen LogP contribution is -2.47. The van der Waals surface area contributed by atoms with Gasteiger partial charge in [0.15, 0.2) is 0 Å². The van der Waals surface area contributed by atoms with Crippen LogP contribution in [0.3, 0.4) is 0 Å². The first-order chi connectivity index (χ1) is 16.5. The highest BCUT2D eigenvalue weighted by Gasteiger charge is 2.46. The van der Waals surface area contributed by atoms with Crippen LogP contribution in [0.5, 0.6) is 0 Å². The summed E-state index contributed by atoms with van der Waals surface area (Å²) >= 11 is 0. The quantitative estimate of drug-likeness (QED) is 0.187. The molecule has 2 rings (SSSR count). The number of hydrogen-bond acceptors (Lipinski definition) is 3. The maximum absolute atomic E-state index is 12.3. The van der Waals surface area contributed by atoms with Crippen molar-refractivity contribution in [3.63, 3.8) is 0 Å². The number of hydrogen-bond donors (Lipinski definition) is 3. The van der Waals surface area contributed by atoms with Crippen molar-refractivity contribution in [2.75, 3.05) is 6.54 Å². The van der Waals surface area contributed by atoms with E-state index in [1.165, 1.54) is 37.7 Å². The molecule has 4 heteroatoms. The van der Waals surface area contributed by atoms with Gasteiger partial charge in [0, 0.05) is 0 Å². The number of aliphatic carboxylic acids is 1. The van der Waals surface area contributed by atoms with E-state index in [0.717, 1.165) is 44.9 Å². The average molecular weight is 472 g/mol. The fraction of sp³-hybridized carbons (Fsp3) is 0.700. The van der Waals surface area contributed by atoms with Gasteiger partial charge in [0.25, 0.3) is 0 Å². The van der Waals surface area contributed by atoms with Gasteiger partial charge in [0.05, 0.1) is 12.0 Å². The number of aliphatic hydroxyl groups is 1. The first kappa shape index (κ1) is 28.6. The summed E-state index contributed by atoms with van der Waals surface area (Å²) in [7, 11) is 0. The van der Waals surface area contributed by atoms with Gasteiger partial charge in [-0.3, -0.25) is 4.79 Å². The van der Waals surface area contributed by atoms with Crippen LogP contribution in [0, 0.1) is 29.6 Å². The first-order valence-corrected chi connectivity index (χ1v) is 13.8. The number of rotatable bonds is 16.